The molecule has 0 spiro atoms. The van der Waals surface area contributed by atoms with Crippen molar-refractivity contribution in [1.29, 1.82) is 0 Å². The normalized spacial score (nSPS) is 24.7. The van der Waals surface area contributed by atoms with Gasteiger partial charge in [0.2, 0.25) is 11.6 Å². The molecule has 0 atom stereocenters. The third-order valence-electron chi connectivity index (χ3n) is 3.42. The molecule has 2 aliphatic rings. The largest absolute Gasteiger partial charge is 0.508 e. The van der Waals surface area contributed by atoms with Gasteiger partial charge in [0.25, 0.3) is 0 Å². The van der Waals surface area contributed by atoms with Gasteiger partial charge in [0.05, 0.1) is 26.4 Å². The number of rotatable bonds is 2. The Morgan fingerprint density at radius 1 is 0.895 bits per heavy atom. The zero-order valence-corrected chi connectivity index (χ0v) is 11.0. The molecule has 0 amide bonds. The Morgan fingerprint density at radius 2 is 1.26 bits per heavy atom. The van der Waals surface area contributed by atoms with Gasteiger partial charge in [-0.1, -0.05) is 0 Å². The smallest absolute Gasteiger partial charge is 0.209 e. The lowest BCUT2D eigenvalue weighted by Gasteiger charge is -2.26. The van der Waals surface area contributed by atoms with Crippen molar-refractivity contribution < 1.29 is 24.1 Å². The second-order valence-corrected chi connectivity index (χ2v) is 4.88. The van der Waals surface area contributed by atoms with E-state index < -0.39 is 11.6 Å². The number of hydrogen-bond acceptors (Lipinski definition) is 6. The number of aromatic nitrogens is 1. The van der Waals surface area contributed by atoms with Crippen molar-refractivity contribution in [2.24, 2.45) is 0 Å². The van der Waals surface area contributed by atoms with Gasteiger partial charge in [-0.2, -0.15) is 0 Å². The second-order valence-electron chi connectivity index (χ2n) is 4.88. The highest BCUT2D eigenvalue weighted by molar-refractivity contribution is 5.30. The molecule has 19 heavy (non-hydrogen) atoms. The number of aromatic hydroxyl groups is 1. The Morgan fingerprint density at radius 3 is 1.63 bits per heavy atom. The number of ether oxygens (including phenoxy) is 4. The first-order chi connectivity index (χ1) is 9.02. The van der Waals surface area contributed by atoms with Gasteiger partial charge in [0.15, 0.2) is 0 Å². The lowest BCUT2D eigenvalue weighted by atomic mass is 10.1. The molecule has 0 radical (unpaired) electrons. The lowest BCUT2D eigenvalue weighted by molar-refractivity contribution is -0.161. The number of pyridine rings is 1. The Balaban J connectivity index is 2.01. The molecule has 104 valence electrons. The maximum Gasteiger partial charge on any atom is 0.209 e. The fraction of sp³-hybridized carbons (Fsp3) is 0.615. The van der Waals surface area contributed by atoms with Crippen LogP contribution in [0.4, 0.5) is 0 Å². The first-order valence-electron chi connectivity index (χ1n) is 6.30. The minimum Gasteiger partial charge on any atom is -0.508 e. The molecule has 3 rings (SSSR count). The SMILES string of the molecule is CC1(c2cc(O)cc(C3(C)OCCO3)n2)OCCO1. The quantitative estimate of drug-likeness (QED) is 0.869. The Labute approximate surface area is 111 Å². The Bertz CT molecular complexity index is 438. The van der Waals surface area contributed by atoms with Crippen LogP contribution >= 0.6 is 0 Å². The maximum atomic E-state index is 9.88. The molecule has 0 unspecified atom stereocenters. The Kier molecular flexibility index (Phi) is 2.98. The summed E-state index contributed by atoms with van der Waals surface area (Å²) in [6.07, 6.45) is 0. The molecule has 2 aliphatic heterocycles. The highest BCUT2D eigenvalue weighted by Gasteiger charge is 2.39. The van der Waals surface area contributed by atoms with Crippen molar-refractivity contribution in [3.05, 3.63) is 23.5 Å². The van der Waals surface area contributed by atoms with Gasteiger partial charge < -0.3 is 24.1 Å². The third-order valence-corrected chi connectivity index (χ3v) is 3.42. The van der Waals surface area contributed by atoms with Crippen molar-refractivity contribution in [3.63, 3.8) is 0 Å². The van der Waals surface area contributed by atoms with Gasteiger partial charge in [-0.05, 0) is 13.8 Å². The molecular formula is C13H17NO5. The predicted molar refractivity (Wildman–Crippen MR) is 64.4 cm³/mol. The molecule has 3 heterocycles. The first-order valence-corrected chi connectivity index (χ1v) is 6.30. The van der Waals surface area contributed by atoms with Crippen LogP contribution in [0.15, 0.2) is 12.1 Å². The fourth-order valence-corrected chi connectivity index (χ4v) is 2.31. The van der Waals surface area contributed by atoms with Crippen molar-refractivity contribution in [2.45, 2.75) is 25.4 Å². The lowest BCUT2D eigenvalue weighted by Crippen LogP contribution is -2.28. The van der Waals surface area contributed by atoms with Crippen molar-refractivity contribution in [2.75, 3.05) is 26.4 Å². The number of hydrogen-bond donors (Lipinski definition) is 1. The summed E-state index contributed by atoms with van der Waals surface area (Å²) in [6.45, 7) is 5.59. The zero-order chi connectivity index (χ0) is 13.5. The molecule has 0 aliphatic carbocycles. The van der Waals surface area contributed by atoms with Crippen molar-refractivity contribution >= 4 is 0 Å². The van der Waals surface area contributed by atoms with E-state index in [-0.39, 0.29) is 5.75 Å². The van der Waals surface area contributed by atoms with E-state index in [4.69, 9.17) is 18.9 Å². The molecule has 1 aromatic heterocycles. The topological polar surface area (TPSA) is 70.0 Å². The zero-order valence-electron chi connectivity index (χ0n) is 11.0. The van der Waals surface area contributed by atoms with E-state index in [0.717, 1.165) is 0 Å². The van der Waals surface area contributed by atoms with E-state index in [1.807, 2.05) is 0 Å². The summed E-state index contributed by atoms with van der Waals surface area (Å²) < 4.78 is 22.2. The molecule has 6 nitrogen and oxygen atoms in total. The summed E-state index contributed by atoms with van der Waals surface area (Å²) in [6, 6.07) is 3.07. The summed E-state index contributed by atoms with van der Waals surface area (Å²) in [5.74, 6) is -1.77. The molecule has 0 saturated carbocycles. The highest BCUT2D eigenvalue weighted by Crippen LogP contribution is 2.36. The van der Waals surface area contributed by atoms with E-state index >= 15 is 0 Å². The summed E-state index contributed by atoms with van der Waals surface area (Å²) in [7, 11) is 0. The average molecular weight is 267 g/mol. The van der Waals surface area contributed by atoms with Crippen LogP contribution in [0.5, 0.6) is 5.75 Å². The summed E-state index contributed by atoms with van der Waals surface area (Å²) in [5.41, 5.74) is 1.03. The van der Waals surface area contributed by atoms with Crippen LogP contribution < -0.4 is 0 Å². The fourth-order valence-electron chi connectivity index (χ4n) is 2.31. The minimum atomic E-state index is -0.928. The maximum absolute atomic E-state index is 9.88. The van der Waals surface area contributed by atoms with E-state index in [1.54, 1.807) is 13.8 Å². The van der Waals surface area contributed by atoms with Gasteiger partial charge in [-0.15, -0.1) is 0 Å². The minimum absolute atomic E-state index is 0.0839. The monoisotopic (exact) mass is 267 g/mol. The van der Waals surface area contributed by atoms with E-state index in [9.17, 15) is 5.11 Å². The first kappa shape index (κ1) is 12.8. The molecular weight excluding hydrogens is 250 g/mol. The van der Waals surface area contributed by atoms with Crippen LogP contribution in [0.2, 0.25) is 0 Å². The summed E-state index contributed by atoms with van der Waals surface area (Å²) in [4.78, 5) is 4.48. The molecule has 2 saturated heterocycles. The highest BCUT2D eigenvalue weighted by atomic mass is 16.7. The van der Waals surface area contributed by atoms with Crippen molar-refractivity contribution in [1.82, 2.24) is 4.98 Å². The van der Waals surface area contributed by atoms with Crippen LogP contribution in [0.3, 0.4) is 0 Å². The second kappa shape index (κ2) is 4.42. The molecule has 0 aromatic carbocycles. The van der Waals surface area contributed by atoms with E-state index in [1.165, 1.54) is 12.1 Å². The predicted octanol–water partition coefficient (Wildman–Crippen LogP) is 1.23. The van der Waals surface area contributed by atoms with E-state index in [2.05, 4.69) is 4.98 Å². The van der Waals surface area contributed by atoms with Gasteiger partial charge in [0.1, 0.15) is 17.1 Å². The summed E-state index contributed by atoms with van der Waals surface area (Å²) >= 11 is 0. The van der Waals surface area contributed by atoms with Gasteiger partial charge >= 0.3 is 0 Å². The average Bonchev–Trinajstić information content (AvgIpc) is 2.99. The molecule has 1 N–H and O–H groups in total. The molecule has 6 heteroatoms. The standard InChI is InChI=1S/C13H17NO5/c1-12(16-3-4-17-12)10-7-9(15)8-11(14-10)13(2)18-5-6-19-13/h7-8H,3-6H2,1-2H3,(H,14,15). The molecule has 2 fully saturated rings. The van der Waals surface area contributed by atoms with Crippen LogP contribution in [-0.2, 0) is 30.5 Å². The molecule has 0 bridgehead atoms. The van der Waals surface area contributed by atoms with Crippen LogP contribution in [0.25, 0.3) is 0 Å². The third kappa shape index (κ3) is 2.21. The van der Waals surface area contributed by atoms with E-state index in [0.29, 0.717) is 37.8 Å². The van der Waals surface area contributed by atoms with Gasteiger partial charge in [-0.25, -0.2) is 4.98 Å². The van der Waals surface area contributed by atoms with Crippen molar-refractivity contribution in [3.8, 4) is 5.75 Å². The van der Waals surface area contributed by atoms with Crippen LogP contribution in [0, 0.1) is 0 Å². The van der Waals surface area contributed by atoms with Crippen LogP contribution in [-0.4, -0.2) is 36.5 Å². The van der Waals surface area contributed by atoms with Gasteiger partial charge in [0, 0.05) is 12.1 Å². The molecule has 1 aromatic rings. The summed E-state index contributed by atoms with van der Waals surface area (Å²) in [5, 5.41) is 9.88. The Hall–Kier alpha value is -1.21. The van der Waals surface area contributed by atoms with Gasteiger partial charge in [-0.3, -0.25) is 0 Å². The number of nitrogens with zero attached hydrogens (tertiary/aromatic N) is 1. The van der Waals surface area contributed by atoms with Crippen LogP contribution in [0.1, 0.15) is 25.2 Å².